The number of carbonyl (C=O) groups excluding carboxylic acids is 1. The molecular formula is C26H28ClN5O3. The summed E-state index contributed by atoms with van der Waals surface area (Å²) in [4.78, 5) is 25.3. The number of aryl methyl sites for hydroxylation is 2. The van der Waals surface area contributed by atoms with E-state index < -0.39 is 0 Å². The molecule has 7 rings (SSSR count). The number of aromatic nitrogens is 3. The molecule has 8 nitrogen and oxygen atoms in total. The molecule has 3 fully saturated rings. The lowest BCUT2D eigenvalue weighted by Gasteiger charge is -2.53. The van der Waals surface area contributed by atoms with Crippen LogP contribution >= 0.6 is 11.6 Å². The third-order valence-electron chi connectivity index (χ3n) is 7.68. The Bertz CT molecular complexity index is 1280. The van der Waals surface area contributed by atoms with Crippen LogP contribution < -0.4 is 15.4 Å². The molecule has 4 aliphatic rings. The van der Waals surface area contributed by atoms with Crippen molar-refractivity contribution in [2.24, 2.45) is 0 Å². The Morgan fingerprint density at radius 2 is 2.00 bits per heavy atom. The van der Waals surface area contributed by atoms with Crippen molar-refractivity contribution < 1.29 is 14.3 Å². The van der Waals surface area contributed by atoms with Crippen molar-refractivity contribution >= 4 is 34.4 Å². The van der Waals surface area contributed by atoms with Gasteiger partial charge in [0.2, 0.25) is 0 Å². The van der Waals surface area contributed by atoms with Gasteiger partial charge in [0.15, 0.2) is 18.2 Å². The van der Waals surface area contributed by atoms with Gasteiger partial charge in [-0.1, -0.05) is 11.6 Å². The summed E-state index contributed by atoms with van der Waals surface area (Å²) >= 11 is 6.56. The Labute approximate surface area is 208 Å². The number of halogens is 1. The van der Waals surface area contributed by atoms with Gasteiger partial charge in [-0.3, -0.25) is 14.8 Å². The van der Waals surface area contributed by atoms with Gasteiger partial charge in [0, 0.05) is 29.5 Å². The van der Waals surface area contributed by atoms with Crippen LogP contribution in [0.5, 0.6) is 5.75 Å². The number of amides is 1. The van der Waals surface area contributed by atoms with Gasteiger partial charge in [0.05, 0.1) is 34.0 Å². The average Bonchev–Trinajstić information content (AvgIpc) is 2.88. The van der Waals surface area contributed by atoms with Crippen LogP contribution in [-0.4, -0.2) is 45.2 Å². The van der Waals surface area contributed by atoms with Crippen LogP contribution in [0.2, 0.25) is 5.02 Å². The third kappa shape index (κ3) is 4.35. The Morgan fingerprint density at radius 3 is 2.80 bits per heavy atom. The quantitative estimate of drug-likeness (QED) is 0.533. The second-order valence-corrected chi connectivity index (χ2v) is 10.4. The van der Waals surface area contributed by atoms with Gasteiger partial charge in [-0.05, 0) is 69.7 Å². The van der Waals surface area contributed by atoms with Gasteiger partial charge >= 0.3 is 0 Å². The second kappa shape index (κ2) is 8.69. The molecule has 182 valence electrons. The van der Waals surface area contributed by atoms with Gasteiger partial charge in [-0.15, -0.1) is 0 Å². The fourth-order valence-electron chi connectivity index (χ4n) is 5.48. The zero-order chi connectivity index (χ0) is 24.0. The average molecular weight is 494 g/mol. The predicted octanol–water partition coefficient (Wildman–Crippen LogP) is 4.12. The molecule has 9 heteroatoms. The van der Waals surface area contributed by atoms with Crippen LogP contribution in [0.25, 0.3) is 11.0 Å². The molecule has 2 bridgehead atoms. The topological polar surface area (TPSA) is 98.3 Å². The minimum atomic E-state index is -0.176. The number of fused-ring (bicyclic) bond motifs is 5. The highest BCUT2D eigenvalue weighted by Crippen LogP contribution is 2.46. The van der Waals surface area contributed by atoms with Gasteiger partial charge in [-0.25, -0.2) is 4.98 Å². The van der Waals surface area contributed by atoms with Crippen molar-refractivity contribution in [2.45, 2.75) is 63.1 Å². The fraction of sp³-hybridized carbons (Fsp3) is 0.462. The molecule has 0 radical (unpaired) electrons. The highest BCUT2D eigenvalue weighted by atomic mass is 35.5. The Hall–Kier alpha value is -2.81. The highest BCUT2D eigenvalue weighted by Gasteiger charge is 2.49. The van der Waals surface area contributed by atoms with Crippen molar-refractivity contribution in [3.05, 3.63) is 52.4 Å². The van der Waals surface area contributed by atoms with Crippen LogP contribution in [0, 0.1) is 6.92 Å². The first-order valence-electron chi connectivity index (χ1n) is 12.2. The molecule has 0 atom stereocenters. The third-order valence-corrected chi connectivity index (χ3v) is 8.01. The lowest BCUT2D eigenvalue weighted by atomic mass is 9.69. The summed E-state index contributed by atoms with van der Waals surface area (Å²) in [5, 5.41) is 7.16. The SMILES string of the molecule is Cc1ccc2ncc(Cl)c(CCC34CCC(NCc5ccc6c(n5)NC(=O)CO6)(CC3)CO4)c2n1. The lowest BCUT2D eigenvalue weighted by molar-refractivity contribution is -0.165. The van der Waals surface area contributed by atoms with Gasteiger partial charge in [0.1, 0.15) is 0 Å². The van der Waals surface area contributed by atoms with Crippen molar-refractivity contribution in [2.75, 3.05) is 18.5 Å². The van der Waals surface area contributed by atoms with Crippen molar-refractivity contribution in [1.82, 2.24) is 20.3 Å². The monoisotopic (exact) mass is 493 g/mol. The number of anilines is 1. The van der Waals surface area contributed by atoms with Crippen molar-refractivity contribution in [1.29, 1.82) is 0 Å². The maximum Gasteiger partial charge on any atom is 0.263 e. The van der Waals surface area contributed by atoms with Crippen LogP contribution in [0.4, 0.5) is 5.82 Å². The normalized spacial score (nSPS) is 25.3. The number of hydrogen-bond donors (Lipinski definition) is 2. The number of nitrogens with zero attached hydrogens (tertiary/aromatic N) is 3. The zero-order valence-corrected chi connectivity index (χ0v) is 20.5. The molecule has 2 saturated heterocycles. The van der Waals surface area contributed by atoms with Gasteiger partial charge < -0.3 is 20.1 Å². The number of ether oxygens (including phenoxy) is 2. The summed E-state index contributed by atoms with van der Waals surface area (Å²) < 4.78 is 11.9. The Morgan fingerprint density at radius 1 is 1.14 bits per heavy atom. The standard InChI is InChI=1S/C26H28ClN5O3/c1-16-2-4-20-23(30-16)18(19(27)13-28-20)6-7-26-10-8-25(9-11-26,15-35-26)29-12-17-3-5-21-24(31-17)32-22(33)14-34-21/h2-5,13,29H,6-12,14-15H2,1H3,(H,31,32,33). The highest BCUT2D eigenvalue weighted by molar-refractivity contribution is 6.32. The summed E-state index contributed by atoms with van der Waals surface area (Å²) in [6, 6.07) is 7.79. The van der Waals surface area contributed by atoms with Crippen molar-refractivity contribution in [3.8, 4) is 5.75 Å². The molecule has 6 heterocycles. The van der Waals surface area contributed by atoms with Crippen LogP contribution in [0.1, 0.15) is 49.1 Å². The molecule has 0 spiro atoms. The van der Waals surface area contributed by atoms with E-state index in [0.717, 1.165) is 66.5 Å². The number of pyridine rings is 3. The predicted molar refractivity (Wildman–Crippen MR) is 133 cm³/mol. The van der Waals surface area contributed by atoms with E-state index in [0.29, 0.717) is 29.7 Å². The van der Waals surface area contributed by atoms with Crippen LogP contribution in [0.15, 0.2) is 30.5 Å². The number of rotatable bonds is 6. The summed E-state index contributed by atoms with van der Waals surface area (Å²) in [6.07, 6.45) is 7.60. The molecule has 35 heavy (non-hydrogen) atoms. The second-order valence-electron chi connectivity index (χ2n) is 10.00. The van der Waals surface area contributed by atoms with E-state index in [-0.39, 0.29) is 23.7 Å². The molecule has 1 saturated carbocycles. The Balaban J connectivity index is 1.10. The first-order chi connectivity index (χ1) is 16.9. The molecule has 1 aliphatic carbocycles. The number of hydrogen-bond acceptors (Lipinski definition) is 7. The zero-order valence-electron chi connectivity index (χ0n) is 19.7. The largest absolute Gasteiger partial charge is 0.480 e. The molecule has 3 aliphatic heterocycles. The van der Waals surface area contributed by atoms with E-state index in [9.17, 15) is 4.79 Å². The van der Waals surface area contributed by atoms with E-state index in [2.05, 4.69) is 20.6 Å². The summed E-state index contributed by atoms with van der Waals surface area (Å²) in [5.41, 5.74) is 4.52. The first kappa shape index (κ1) is 22.6. The maximum atomic E-state index is 11.6. The van der Waals surface area contributed by atoms with Gasteiger partial charge in [-0.2, -0.15) is 0 Å². The molecule has 0 unspecified atom stereocenters. The fourth-order valence-corrected chi connectivity index (χ4v) is 5.71. The van der Waals surface area contributed by atoms with Crippen molar-refractivity contribution in [3.63, 3.8) is 0 Å². The smallest absolute Gasteiger partial charge is 0.263 e. The minimum Gasteiger partial charge on any atom is -0.480 e. The minimum absolute atomic E-state index is 0.0359. The summed E-state index contributed by atoms with van der Waals surface area (Å²) in [6.45, 7) is 3.32. The number of carbonyl (C=O) groups is 1. The molecule has 1 amide bonds. The maximum absolute atomic E-state index is 11.6. The van der Waals surface area contributed by atoms with E-state index in [4.69, 9.17) is 26.1 Å². The first-order valence-corrected chi connectivity index (χ1v) is 12.5. The van der Waals surface area contributed by atoms with Crippen LogP contribution in [-0.2, 0) is 22.5 Å². The molecule has 3 aromatic heterocycles. The Kier molecular flexibility index (Phi) is 5.62. The molecule has 0 aromatic carbocycles. The molecule has 3 aromatic rings. The van der Waals surface area contributed by atoms with E-state index in [1.165, 1.54) is 0 Å². The van der Waals surface area contributed by atoms with E-state index in [1.54, 1.807) is 6.20 Å². The molecular weight excluding hydrogens is 466 g/mol. The lowest BCUT2D eigenvalue weighted by Crippen LogP contribution is -2.61. The van der Waals surface area contributed by atoms with E-state index >= 15 is 0 Å². The van der Waals surface area contributed by atoms with E-state index in [1.807, 2.05) is 31.2 Å². The summed E-state index contributed by atoms with van der Waals surface area (Å²) in [5.74, 6) is 0.931. The molecule has 2 N–H and O–H groups in total. The summed E-state index contributed by atoms with van der Waals surface area (Å²) in [7, 11) is 0. The van der Waals surface area contributed by atoms with Crippen LogP contribution in [0.3, 0.4) is 0 Å². The number of nitrogens with one attached hydrogen (secondary N) is 2. The van der Waals surface area contributed by atoms with Gasteiger partial charge in [0.25, 0.3) is 5.91 Å².